The van der Waals surface area contributed by atoms with Crippen LogP contribution in [0.25, 0.3) is 10.2 Å². The Kier molecular flexibility index (Phi) is 5.14. The second-order valence-electron chi connectivity index (χ2n) is 5.37. The summed E-state index contributed by atoms with van der Waals surface area (Å²) in [6, 6.07) is 13.1. The smallest absolute Gasteiger partial charge is 0.279 e. The van der Waals surface area contributed by atoms with Crippen LogP contribution in [-0.4, -0.2) is 24.2 Å². The molecule has 24 heavy (non-hydrogen) atoms. The second-order valence-corrected chi connectivity index (χ2v) is 6.82. The van der Waals surface area contributed by atoms with Crippen LogP contribution < -0.4 is 4.80 Å². The molecule has 0 spiro atoms. The summed E-state index contributed by atoms with van der Waals surface area (Å²) in [7, 11) is 1.65. The molecule has 0 aliphatic heterocycles. The number of nitrogens with zero attached hydrogens (tertiary/aromatic N) is 2. The zero-order valence-corrected chi connectivity index (χ0v) is 15.0. The van der Waals surface area contributed by atoms with Crippen LogP contribution in [0.15, 0.2) is 47.5 Å². The van der Waals surface area contributed by atoms with Crippen LogP contribution in [0.2, 0.25) is 5.02 Å². The Hall–Kier alpha value is -1.95. The first-order chi connectivity index (χ1) is 11.6. The Morgan fingerprint density at radius 1 is 1.29 bits per heavy atom. The molecule has 0 atom stereocenters. The number of methoxy groups -OCH3 is 1. The van der Waals surface area contributed by atoms with Crippen LogP contribution in [0.1, 0.15) is 15.9 Å². The predicted octanol–water partition coefficient (Wildman–Crippen LogP) is 4.05. The van der Waals surface area contributed by atoms with Gasteiger partial charge in [-0.05, 0) is 36.8 Å². The van der Waals surface area contributed by atoms with Crippen molar-refractivity contribution < 1.29 is 9.53 Å². The van der Waals surface area contributed by atoms with Gasteiger partial charge in [-0.15, -0.1) is 0 Å². The fourth-order valence-corrected chi connectivity index (χ4v) is 3.82. The summed E-state index contributed by atoms with van der Waals surface area (Å²) in [6.45, 7) is 3.07. The van der Waals surface area contributed by atoms with E-state index in [0.717, 1.165) is 15.8 Å². The van der Waals surface area contributed by atoms with E-state index in [4.69, 9.17) is 16.3 Å². The van der Waals surface area contributed by atoms with Gasteiger partial charge in [-0.3, -0.25) is 4.79 Å². The fraction of sp³-hybridized carbons (Fsp3) is 0.222. The zero-order chi connectivity index (χ0) is 17.1. The SMILES string of the molecule is COCCn1c(=NC(=O)c2ccccc2C)sc2cc(Cl)ccc21. The summed E-state index contributed by atoms with van der Waals surface area (Å²) in [4.78, 5) is 17.6. The first kappa shape index (κ1) is 16.9. The number of hydrogen-bond acceptors (Lipinski definition) is 3. The molecule has 4 nitrogen and oxygen atoms in total. The highest BCUT2D eigenvalue weighted by molar-refractivity contribution is 7.16. The Labute approximate surface area is 149 Å². The molecule has 0 radical (unpaired) electrons. The fourth-order valence-electron chi connectivity index (χ4n) is 2.49. The number of amides is 1. The number of halogens is 1. The van der Waals surface area contributed by atoms with Gasteiger partial charge < -0.3 is 9.30 Å². The lowest BCUT2D eigenvalue weighted by Crippen LogP contribution is -2.19. The predicted molar refractivity (Wildman–Crippen MR) is 97.8 cm³/mol. The van der Waals surface area contributed by atoms with Gasteiger partial charge in [0.15, 0.2) is 4.80 Å². The molecule has 1 aromatic heterocycles. The van der Waals surface area contributed by atoms with Crippen LogP contribution in [0, 0.1) is 6.92 Å². The van der Waals surface area contributed by atoms with Crippen molar-refractivity contribution in [3.8, 4) is 0 Å². The van der Waals surface area contributed by atoms with Gasteiger partial charge in [-0.25, -0.2) is 0 Å². The monoisotopic (exact) mass is 360 g/mol. The van der Waals surface area contributed by atoms with Gasteiger partial charge in [-0.1, -0.05) is 41.1 Å². The third kappa shape index (κ3) is 3.43. The minimum absolute atomic E-state index is 0.239. The highest BCUT2D eigenvalue weighted by Crippen LogP contribution is 2.22. The summed E-state index contributed by atoms with van der Waals surface area (Å²) >= 11 is 7.54. The Morgan fingerprint density at radius 2 is 2.08 bits per heavy atom. The number of benzene rings is 2. The average molecular weight is 361 g/mol. The molecule has 0 fully saturated rings. The van der Waals surface area contributed by atoms with Gasteiger partial charge in [0.1, 0.15) is 0 Å². The first-order valence-electron chi connectivity index (χ1n) is 7.52. The molecule has 2 aromatic carbocycles. The minimum Gasteiger partial charge on any atom is -0.383 e. The normalized spacial score (nSPS) is 12.0. The molecule has 0 aliphatic carbocycles. The van der Waals surface area contributed by atoms with Gasteiger partial charge in [0.05, 0.1) is 16.8 Å². The highest BCUT2D eigenvalue weighted by atomic mass is 35.5. The van der Waals surface area contributed by atoms with E-state index in [1.54, 1.807) is 13.2 Å². The van der Waals surface area contributed by atoms with E-state index in [1.165, 1.54) is 11.3 Å². The number of carbonyl (C=O) groups is 1. The van der Waals surface area contributed by atoms with Crippen molar-refractivity contribution in [3.63, 3.8) is 0 Å². The number of rotatable bonds is 4. The van der Waals surface area contributed by atoms with Crippen molar-refractivity contribution in [2.45, 2.75) is 13.5 Å². The quantitative estimate of drug-likeness (QED) is 0.704. The van der Waals surface area contributed by atoms with Crippen LogP contribution in [-0.2, 0) is 11.3 Å². The van der Waals surface area contributed by atoms with Gasteiger partial charge in [0.25, 0.3) is 5.91 Å². The van der Waals surface area contributed by atoms with Crippen LogP contribution >= 0.6 is 22.9 Å². The number of hydrogen-bond donors (Lipinski definition) is 0. The molecular weight excluding hydrogens is 344 g/mol. The molecule has 0 saturated carbocycles. The molecule has 1 heterocycles. The van der Waals surface area contributed by atoms with E-state index < -0.39 is 0 Å². The molecule has 0 aliphatic rings. The summed E-state index contributed by atoms with van der Waals surface area (Å²) in [5, 5.41) is 0.666. The Bertz CT molecular complexity index is 959. The molecule has 0 unspecified atom stereocenters. The summed E-state index contributed by atoms with van der Waals surface area (Å²) in [5.41, 5.74) is 2.53. The maximum absolute atomic E-state index is 12.6. The molecule has 1 amide bonds. The molecule has 6 heteroatoms. The van der Waals surface area contributed by atoms with Crippen molar-refractivity contribution in [2.24, 2.45) is 4.99 Å². The lowest BCUT2D eigenvalue weighted by atomic mass is 10.1. The lowest BCUT2D eigenvalue weighted by Gasteiger charge is -2.04. The van der Waals surface area contributed by atoms with Crippen molar-refractivity contribution in [1.29, 1.82) is 0 Å². The van der Waals surface area contributed by atoms with Crippen molar-refractivity contribution in [2.75, 3.05) is 13.7 Å². The standard InChI is InChI=1S/C18H17ClN2O2S/c1-12-5-3-4-6-14(12)17(22)20-18-21(9-10-23-2)15-8-7-13(19)11-16(15)24-18/h3-8,11H,9-10H2,1-2H3. The molecular formula is C18H17ClN2O2S. The van der Waals surface area contributed by atoms with E-state index in [1.807, 2.05) is 47.9 Å². The number of aromatic nitrogens is 1. The minimum atomic E-state index is -0.239. The molecule has 3 aromatic rings. The topological polar surface area (TPSA) is 43.6 Å². The number of carbonyl (C=O) groups excluding carboxylic acids is 1. The zero-order valence-electron chi connectivity index (χ0n) is 13.5. The summed E-state index contributed by atoms with van der Waals surface area (Å²) < 4.78 is 8.17. The Morgan fingerprint density at radius 3 is 2.83 bits per heavy atom. The van der Waals surface area contributed by atoms with E-state index >= 15 is 0 Å². The van der Waals surface area contributed by atoms with Crippen LogP contribution in [0.4, 0.5) is 0 Å². The van der Waals surface area contributed by atoms with E-state index in [9.17, 15) is 4.79 Å². The number of aryl methyl sites for hydroxylation is 1. The molecule has 3 rings (SSSR count). The van der Waals surface area contributed by atoms with Crippen molar-refractivity contribution >= 4 is 39.1 Å². The maximum Gasteiger partial charge on any atom is 0.279 e. The molecule has 0 N–H and O–H groups in total. The molecule has 0 bridgehead atoms. The number of ether oxygens (including phenoxy) is 1. The van der Waals surface area contributed by atoms with E-state index in [0.29, 0.717) is 28.5 Å². The highest BCUT2D eigenvalue weighted by Gasteiger charge is 2.11. The van der Waals surface area contributed by atoms with E-state index in [-0.39, 0.29) is 5.91 Å². The van der Waals surface area contributed by atoms with Gasteiger partial charge in [0.2, 0.25) is 0 Å². The van der Waals surface area contributed by atoms with Crippen molar-refractivity contribution in [3.05, 3.63) is 63.4 Å². The third-order valence-electron chi connectivity index (χ3n) is 3.74. The van der Waals surface area contributed by atoms with Gasteiger partial charge in [0, 0.05) is 24.2 Å². The largest absolute Gasteiger partial charge is 0.383 e. The van der Waals surface area contributed by atoms with E-state index in [2.05, 4.69) is 4.99 Å². The third-order valence-corrected chi connectivity index (χ3v) is 5.01. The van der Waals surface area contributed by atoms with Gasteiger partial charge in [-0.2, -0.15) is 4.99 Å². The number of fused-ring (bicyclic) bond motifs is 1. The second kappa shape index (κ2) is 7.30. The maximum atomic E-state index is 12.6. The summed E-state index contributed by atoms with van der Waals surface area (Å²) in [6.07, 6.45) is 0. The Balaban J connectivity index is 2.13. The van der Waals surface area contributed by atoms with Crippen LogP contribution in [0.3, 0.4) is 0 Å². The van der Waals surface area contributed by atoms with Crippen molar-refractivity contribution in [1.82, 2.24) is 4.57 Å². The number of thiazole rings is 1. The molecule has 0 saturated heterocycles. The van der Waals surface area contributed by atoms with Gasteiger partial charge >= 0.3 is 0 Å². The lowest BCUT2D eigenvalue weighted by molar-refractivity contribution is 0.0997. The average Bonchev–Trinajstić information content (AvgIpc) is 2.89. The first-order valence-corrected chi connectivity index (χ1v) is 8.72. The van der Waals surface area contributed by atoms with Crippen LogP contribution in [0.5, 0.6) is 0 Å². The summed E-state index contributed by atoms with van der Waals surface area (Å²) in [5.74, 6) is -0.239. The molecule has 124 valence electrons.